The molecule has 1 aromatic heterocycles. The van der Waals surface area contributed by atoms with Crippen LogP contribution in [0.3, 0.4) is 0 Å². The van der Waals surface area contributed by atoms with Crippen LogP contribution in [0.5, 0.6) is 0 Å². The highest BCUT2D eigenvalue weighted by atomic mass is 35.5. The first-order valence-electron chi connectivity index (χ1n) is 7.61. The van der Waals surface area contributed by atoms with Crippen LogP contribution in [0.1, 0.15) is 17.3 Å². The van der Waals surface area contributed by atoms with Gasteiger partial charge >= 0.3 is 0 Å². The molecule has 0 bridgehead atoms. The van der Waals surface area contributed by atoms with Crippen molar-refractivity contribution >= 4 is 46.4 Å². The maximum Gasteiger partial charge on any atom is 0.258 e. The molecule has 6 nitrogen and oxygen atoms in total. The molecule has 2 aromatic carbocycles. The Labute approximate surface area is 159 Å². The van der Waals surface area contributed by atoms with E-state index in [1.165, 1.54) is 17.8 Å². The van der Waals surface area contributed by atoms with E-state index >= 15 is 0 Å². The Balaban J connectivity index is 1.77. The molecule has 0 aliphatic heterocycles. The van der Waals surface area contributed by atoms with E-state index in [1.807, 2.05) is 0 Å². The predicted molar refractivity (Wildman–Crippen MR) is 102 cm³/mol. The summed E-state index contributed by atoms with van der Waals surface area (Å²) < 4.78 is 1.50. The first-order valence-corrected chi connectivity index (χ1v) is 8.37. The number of nitrogens with one attached hydrogen (secondary N) is 2. The lowest BCUT2D eigenvalue weighted by atomic mass is 10.2. The largest absolute Gasteiger partial charge is 0.326 e. The SMILES string of the molecule is CC(=O)Nc1cccc(NC(=O)c2cnn(-c3ccc(Cl)cc3Cl)c2)c1. The summed E-state index contributed by atoms with van der Waals surface area (Å²) in [7, 11) is 0. The summed E-state index contributed by atoms with van der Waals surface area (Å²) in [5, 5.41) is 10.5. The van der Waals surface area contributed by atoms with Crippen LogP contribution in [0.4, 0.5) is 11.4 Å². The third kappa shape index (κ3) is 4.22. The molecule has 0 fully saturated rings. The average molecular weight is 389 g/mol. The highest BCUT2D eigenvalue weighted by Gasteiger charge is 2.12. The van der Waals surface area contributed by atoms with Gasteiger partial charge in [0, 0.05) is 29.5 Å². The zero-order chi connectivity index (χ0) is 18.7. The minimum Gasteiger partial charge on any atom is -0.326 e. The maximum absolute atomic E-state index is 12.4. The van der Waals surface area contributed by atoms with Gasteiger partial charge in [0.1, 0.15) is 0 Å². The molecule has 8 heteroatoms. The predicted octanol–water partition coefficient (Wildman–Crippen LogP) is 4.39. The second kappa shape index (κ2) is 7.59. The van der Waals surface area contributed by atoms with Crippen molar-refractivity contribution in [3.63, 3.8) is 0 Å². The highest BCUT2D eigenvalue weighted by Crippen LogP contribution is 2.24. The third-order valence-corrected chi connectivity index (χ3v) is 3.98. The van der Waals surface area contributed by atoms with Gasteiger partial charge in [-0.25, -0.2) is 4.68 Å². The van der Waals surface area contributed by atoms with Crippen LogP contribution in [0, 0.1) is 0 Å². The van der Waals surface area contributed by atoms with Crippen LogP contribution in [0.25, 0.3) is 5.69 Å². The Morgan fingerprint density at radius 1 is 1.04 bits per heavy atom. The van der Waals surface area contributed by atoms with Crippen LogP contribution < -0.4 is 10.6 Å². The molecule has 0 unspecified atom stereocenters. The molecule has 2 N–H and O–H groups in total. The number of hydrogen-bond acceptors (Lipinski definition) is 3. The number of amides is 2. The molecule has 0 saturated heterocycles. The Morgan fingerprint density at radius 3 is 2.46 bits per heavy atom. The minimum atomic E-state index is -0.332. The fraction of sp³-hybridized carbons (Fsp3) is 0.0556. The summed E-state index contributed by atoms with van der Waals surface area (Å²) in [6.07, 6.45) is 3.01. The fourth-order valence-electron chi connectivity index (χ4n) is 2.32. The zero-order valence-corrected chi connectivity index (χ0v) is 15.2. The first-order chi connectivity index (χ1) is 12.4. The highest BCUT2D eigenvalue weighted by molar-refractivity contribution is 6.35. The maximum atomic E-state index is 12.4. The fourth-order valence-corrected chi connectivity index (χ4v) is 2.82. The van der Waals surface area contributed by atoms with E-state index in [9.17, 15) is 9.59 Å². The lowest BCUT2D eigenvalue weighted by molar-refractivity contribution is -0.114. The monoisotopic (exact) mass is 388 g/mol. The van der Waals surface area contributed by atoms with Gasteiger partial charge in [-0.1, -0.05) is 29.3 Å². The van der Waals surface area contributed by atoms with Crippen LogP contribution in [-0.2, 0) is 4.79 Å². The quantitative estimate of drug-likeness (QED) is 0.695. The van der Waals surface area contributed by atoms with Gasteiger partial charge in [-0.2, -0.15) is 5.10 Å². The van der Waals surface area contributed by atoms with Gasteiger partial charge in [-0.3, -0.25) is 9.59 Å². The van der Waals surface area contributed by atoms with E-state index in [-0.39, 0.29) is 11.8 Å². The molecule has 1 heterocycles. The zero-order valence-electron chi connectivity index (χ0n) is 13.7. The van der Waals surface area contributed by atoms with Crippen molar-refractivity contribution in [2.24, 2.45) is 0 Å². The summed E-state index contributed by atoms with van der Waals surface area (Å²) in [4.78, 5) is 23.6. The van der Waals surface area contributed by atoms with Gasteiger partial charge < -0.3 is 10.6 Å². The Hall–Kier alpha value is -2.83. The van der Waals surface area contributed by atoms with Gasteiger partial charge in [0.15, 0.2) is 0 Å². The smallest absolute Gasteiger partial charge is 0.258 e. The first kappa shape index (κ1) is 18.0. The standard InChI is InChI=1S/C18H14Cl2N4O2/c1-11(25)22-14-3-2-4-15(8-14)23-18(26)12-9-21-24(10-12)17-6-5-13(19)7-16(17)20/h2-10H,1H3,(H,22,25)(H,23,26). The molecule has 0 spiro atoms. The molecule has 0 atom stereocenters. The minimum absolute atomic E-state index is 0.186. The molecular weight excluding hydrogens is 375 g/mol. The normalized spacial score (nSPS) is 10.4. The van der Waals surface area contributed by atoms with Crippen LogP contribution in [-0.4, -0.2) is 21.6 Å². The number of carbonyl (C=O) groups is 2. The van der Waals surface area contributed by atoms with Crippen molar-refractivity contribution in [2.75, 3.05) is 10.6 Å². The molecule has 2 amide bonds. The Kier molecular flexibility index (Phi) is 5.25. The molecular formula is C18H14Cl2N4O2. The Morgan fingerprint density at radius 2 is 1.77 bits per heavy atom. The summed E-state index contributed by atoms with van der Waals surface area (Å²) in [6, 6.07) is 11.9. The van der Waals surface area contributed by atoms with E-state index in [0.717, 1.165) is 0 Å². The van der Waals surface area contributed by atoms with E-state index < -0.39 is 0 Å². The van der Waals surface area contributed by atoms with Crippen molar-refractivity contribution in [3.8, 4) is 5.69 Å². The number of benzene rings is 2. The molecule has 0 aliphatic carbocycles. The molecule has 0 aliphatic rings. The van der Waals surface area contributed by atoms with Gasteiger partial charge in [-0.15, -0.1) is 0 Å². The van der Waals surface area contributed by atoms with Crippen molar-refractivity contribution in [1.29, 1.82) is 0 Å². The van der Waals surface area contributed by atoms with E-state index in [2.05, 4.69) is 15.7 Å². The van der Waals surface area contributed by atoms with Gasteiger partial charge in [0.05, 0.1) is 22.5 Å². The van der Waals surface area contributed by atoms with Crippen LogP contribution in [0.2, 0.25) is 10.0 Å². The number of aromatic nitrogens is 2. The average Bonchev–Trinajstić information content (AvgIpc) is 3.04. The summed E-state index contributed by atoms with van der Waals surface area (Å²) in [5.41, 5.74) is 2.13. The molecule has 0 saturated carbocycles. The Bertz CT molecular complexity index is 985. The van der Waals surface area contributed by atoms with Gasteiger partial charge in [0.2, 0.25) is 5.91 Å². The van der Waals surface area contributed by atoms with E-state index in [0.29, 0.717) is 32.7 Å². The number of carbonyl (C=O) groups excluding carboxylic acids is 2. The van der Waals surface area contributed by atoms with Crippen LogP contribution in [0.15, 0.2) is 54.9 Å². The molecule has 0 radical (unpaired) electrons. The van der Waals surface area contributed by atoms with Crippen molar-refractivity contribution in [1.82, 2.24) is 9.78 Å². The topological polar surface area (TPSA) is 76.0 Å². The number of halogens is 2. The lowest BCUT2D eigenvalue weighted by Crippen LogP contribution is -2.12. The van der Waals surface area contributed by atoms with Gasteiger partial charge in [0.25, 0.3) is 5.91 Å². The molecule has 132 valence electrons. The van der Waals surface area contributed by atoms with E-state index in [4.69, 9.17) is 23.2 Å². The van der Waals surface area contributed by atoms with Crippen molar-refractivity contribution in [3.05, 3.63) is 70.5 Å². The number of hydrogen-bond donors (Lipinski definition) is 2. The summed E-state index contributed by atoms with van der Waals surface area (Å²) in [6.45, 7) is 1.42. The van der Waals surface area contributed by atoms with Crippen molar-refractivity contribution in [2.45, 2.75) is 6.92 Å². The summed E-state index contributed by atoms with van der Waals surface area (Å²) in [5.74, 6) is -0.518. The van der Waals surface area contributed by atoms with Crippen molar-refractivity contribution < 1.29 is 9.59 Å². The number of anilines is 2. The summed E-state index contributed by atoms with van der Waals surface area (Å²) >= 11 is 12.1. The second-order valence-electron chi connectivity index (χ2n) is 5.49. The van der Waals surface area contributed by atoms with Crippen LogP contribution >= 0.6 is 23.2 Å². The lowest BCUT2D eigenvalue weighted by Gasteiger charge is -2.07. The molecule has 26 heavy (non-hydrogen) atoms. The van der Waals surface area contributed by atoms with Gasteiger partial charge in [-0.05, 0) is 36.4 Å². The number of nitrogens with zero attached hydrogens (tertiary/aromatic N) is 2. The number of rotatable bonds is 4. The second-order valence-corrected chi connectivity index (χ2v) is 6.33. The third-order valence-electron chi connectivity index (χ3n) is 3.44. The molecule has 3 rings (SSSR count). The van der Waals surface area contributed by atoms with E-state index in [1.54, 1.807) is 48.7 Å². The molecule has 3 aromatic rings.